The van der Waals surface area contributed by atoms with Gasteiger partial charge in [-0.15, -0.1) is 12.8 Å². The van der Waals surface area contributed by atoms with Crippen LogP contribution in [0.2, 0.25) is 0 Å². The zero-order valence-corrected chi connectivity index (χ0v) is 14.7. The first kappa shape index (κ1) is 29.9. The third kappa shape index (κ3) is 56.2. The minimum atomic E-state index is -0.667. The van der Waals surface area contributed by atoms with Crippen LogP contribution in [-0.4, -0.2) is 72.0 Å². The molecule has 0 aromatic rings. The van der Waals surface area contributed by atoms with Crippen molar-refractivity contribution in [3.05, 3.63) is 0 Å². The van der Waals surface area contributed by atoms with Crippen molar-refractivity contribution >= 4 is 72.0 Å². The van der Waals surface area contributed by atoms with E-state index in [1.54, 1.807) is 0 Å². The Balaban J connectivity index is -0.0000000139. The van der Waals surface area contributed by atoms with Crippen molar-refractivity contribution in [3.8, 4) is 60.2 Å². The van der Waals surface area contributed by atoms with E-state index in [1.807, 2.05) is 0 Å². The Morgan fingerprint density at radius 3 is 0.767 bits per heavy atom. The molecule has 20 heteroatoms. The summed E-state index contributed by atoms with van der Waals surface area (Å²) in [5.74, 6) is 18.4. The van der Waals surface area contributed by atoms with Gasteiger partial charge < -0.3 is 0 Å². The molecule has 0 heterocycles. The molecule has 0 aliphatic carbocycles. The molecule has 0 unspecified atom stereocenters. The number of hydrogen-bond donors (Lipinski definition) is 0. The molecular formula is C10H22B10F10. The first-order valence-corrected chi connectivity index (χ1v) is 6.04. The van der Waals surface area contributed by atoms with E-state index in [0.717, 1.165) is 0 Å². The lowest BCUT2D eigenvalue weighted by molar-refractivity contribution is 0.108. The molecule has 0 N–H and O–H groups in total. The highest BCUT2D eigenvalue weighted by atomic mass is 20.0. The molecule has 0 aromatic carbocycles. The maximum absolute atomic E-state index is 8.00. The van der Waals surface area contributed by atoms with Crippen molar-refractivity contribution in [2.75, 3.05) is 0 Å². The fraction of sp³-hybridized carbons (Fsp3) is 0. The van der Waals surface area contributed by atoms with Crippen LogP contribution in [0.3, 0.4) is 0 Å². The van der Waals surface area contributed by atoms with Gasteiger partial charge in [0, 0.05) is 140 Å². The normalized spacial score (nSPS) is 6.27. The molecule has 0 saturated heterocycles. The van der Waals surface area contributed by atoms with Gasteiger partial charge in [-0.3, -0.25) is 0 Å². The Labute approximate surface area is 201 Å². The highest BCUT2D eigenvalue weighted by Gasteiger charge is 2.24. The first-order chi connectivity index (χ1) is 19.4. The largest absolute Gasteiger partial charge is 0.106 e. The van der Waals surface area contributed by atoms with Crippen LogP contribution in [0.1, 0.15) is 22.0 Å². The second-order valence-electron chi connectivity index (χ2n) is 3.35. The summed E-state index contributed by atoms with van der Waals surface area (Å²) in [6.07, 6.45) is 7.17. The Morgan fingerprint density at radius 1 is 0.500 bits per heavy atom. The summed E-state index contributed by atoms with van der Waals surface area (Å²) in [6, 6.07) is 0. The zero-order valence-electron chi connectivity index (χ0n) is 24.7. The van der Waals surface area contributed by atoms with E-state index in [1.165, 1.54) is 0 Å². The molecule has 0 nitrogen and oxygen atoms in total. The van der Waals surface area contributed by atoms with Gasteiger partial charge in [-0.05, 0) is 47.4 Å². The fourth-order valence-electron chi connectivity index (χ4n) is 0.967. The molecule has 0 spiro atoms. The van der Waals surface area contributed by atoms with E-state index in [0.29, 0.717) is 0 Å². The smallest absolute Gasteiger partial charge is 0 e. The quantitative estimate of drug-likeness (QED) is 0.352. The second kappa shape index (κ2) is 56.3. The Hall–Kier alpha value is -2.25. The minimum absolute atomic E-state index is 0. The van der Waals surface area contributed by atoms with Gasteiger partial charge in [0.25, 0.3) is 0 Å². The van der Waals surface area contributed by atoms with Crippen molar-refractivity contribution in [3.63, 3.8) is 0 Å². The Morgan fingerprint density at radius 2 is 0.667 bits per heavy atom. The summed E-state index contributed by atoms with van der Waals surface area (Å²) in [6.45, 7) is 0. The van der Waals surface area contributed by atoms with Gasteiger partial charge in [-0.1, -0.05) is 0 Å². The minimum Gasteiger partial charge on any atom is -0.106 e. The van der Waals surface area contributed by atoms with Gasteiger partial charge in [0.1, 0.15) is 0 Å². The fourth-order valence-corrected chi connectivity index (χ4v) is 0.967. The van der Waals surface area contributed by atoms with Crippen molar-refractivity contribution in [1.82, 2.24) is 0 Å². The van der Waals surface area contributed by atoms with E-state index >= 15 is 0 Å². The van der Waals surface area contributed by atoms with Crippen molar-refractivity contribution in [2.45, 2.75) is 0 Å². The standard InChI is InChI=1S/C10H2.B10.5F2.10H2/c1-3-5-7-9-10-8-6-4-2;1-7(2)10(8(3)4)9(5)6;5*1-2;;;;;;;;;;/h1-2H;;;;;;;10*1H/i;;;;;;;5*1+1D;;;;;. The molecule has 0 aromatic heterocycles. The number of hydrogen-bond acceptors (Lipinski definition) is 0. The third-order valence-electron chi connectivity index (χ3n) is 1.79. The van der Waals surface area contributed by atoms with Gasteiger partial charge in [0.05, 0.1) is 0 Å². The summed E-state index contributed by atoms with van der Waals surface area (Å²) in [5.41, 5.74) is 0. The highest BCUT2D eigenvalue weighted by Crippen LogP contribution is 1.86. The maximum atomic E-state index is 8.00. The molecule has 0 atom stereocenters. The van der Waals surface area contributed by atoms with E-state index in [4.69, 9.17) is 120 Å². The molecule has 0 rings (SSSR count). The van der Waals surface area contributed by atoms with Crippen molar-refractivity contribution in [1.29, 1.82) is 0 Å². The Kier molecular flexibility index (Phi) is 56.2. The van der Waals surface area contributed by atoms with Gasteiger partial charge in [-0.25, -0.2) is 0 Å². The second-order valence-corrected chi connectivity index (χ2v) is 3.35. The third-order valence-corrected chi connectivity index (χ3v) is 1.79. The van der Waals surface area contributed by atoms with Crippen LogP contribution < -0.4 is 0 Å². The van der Waals surface area contributed by atoms with E-state index in [9.17, 15) is 0 Å². The lowest BCUT2D eigenvalue weighted by Crippen LogP contribution is -2.62. The van der Waals surface area contributed by atoms with E-state index in [2.05, 4.69) is 47.4 Å². The summed E-state index contributed by atoms with van der Waals surface area (Å²) in [5, 5.41) is 0. The predicted molar refractivity (Wildman–Crippen MR) is 131 cm³/mol. The van der Waals surface area contributed by atoms with Crippen LogP contribution in [0, 0.1) is 60.2 Å². The molecule has 0 saturated carbocycles. The lowest BCUT2D eigenvalue weighted by atomic mass is 8.58. The van der Waals surface area contributed by atoms with Crippen LogP contribution in [0.4, 0.5) is 45.7 Å². The van der Waals surface area contributed by atoms with Crippen LogP contribution in [0.5, 0.6) is 0 Å². The molecular weight excluding hydrogens is 418 g/mol. The predicted octanol–water partition coefficient (Wildman–Crippen LogP) is 3.12. The molecule has 12 radical (unpaired) electrons. The van der Waals surface area contributed by atoms with E-state index in [-0.39, 0.29) is 7.13 Å². The summed E-state index contributed by atoms with van der Waals surface area (Å²) in [4.78, 5) is 0. The zero-order chi connectivity index (χ0) is 36.0. The van der Waals surface area contributed by atoms with Crippen LogP contribution in [0.25, 0.3) is 0 Å². The average molecular weight is 450 g/mol. The summed E-state index contributed by atoms with van der Waals surface area (Å²) in [7, 11) is 31.8. The molecule has 0 amide bonds. The van der Waals surface area contributed by atoms with Crippen molar-refractivity contribution in [2.24, 2.45) is 0 Å². The SMILES string of the molecule is C#CC#CC#CC#CC#C.FF.FF.FF.FF.FF.[2H][2H].[2H][2H].[2H][2H].[2H][2H].[2H][2H].[B]B([B])B(B([B])[B])B([B])[B].[HH].[HH].[HH].[HH].[HH]. The molecule has 0 fully saturated rings. The van der Waals surface area contributed by atoms with E-state index < -0.39 is 25.5 Å². The highest BCUT2D eigenvalue weighted by molar-refractivity contribution is 8.00. The summed E-state index contributed by atoms with van der Waals surface area (Å²) >= 11 is 0. The number of terminal acetylenes is 2. The maximum Gasteiger partial charge on any atom is 0 e. The molecule has 30 heavy (non-hydrogen) atoms. The monoisotopic (exact) mass is 452 g/mol. The molecule has 162 valence electrons. The van der Waals surface area contributed by atoms with Crippen LogP contribution in [0.15, 0.2) is 0 Å². The number of rotatable bonds is 3. The molecule has 0 aliphatic rings. The molecule has 0 bridgehead atoms. The topological polar surface area (TPSA) is 0 Å². The van der Waals surface area contributed by atoms with Crippen molar-refractivity contribution < 1.29 is 67.7 Å². The van der Waals surface area contributed by atoms with Gasteiger partial charge in [0.15, 0.2) is 0 Å². The van der Waals surface area contributed by atoms with Gasteiger partial charge in [0.2, 0.25) is 0 Å². The van der Waals surface area contributed by atoms with Gasteiger partial charge in [-0.2, -0.15) is 0 Å². The molecule has 0 aliphatic heterocycles. The first-order valence-electron chi connectivity index (χ1n) is 11.0. The van der Waals surface area contributed by atoms with Gasteiger partial charge >= 0.3 is 0 Å². The Bertz CT molecular complexity index is 545. The number of halogens is 10. The van der Waals surface area contributed by atoms with Crippen LogP contribution in [-0.2, 0) is 0 Å². The summed E-state index contributed by atoms with van der Waals surface area (Å²) < 4.78 is 130. The van der Waals surface area contributed by atoms with Crippen LogP contribution >= 0.6 is 0 Å². The average Bonchev–Trinajstić information content (AvgIpc) is 3.04. The lowest BCUT2D eigenvalue weighted by Gasteiger charge is -2.23.